The first-order valence-corrected chi connectivity index (χ1v) is 7.22. The second-order valence-electron chi connectivity index (χ2n) is 4.97. The Balaban J connectivity index is 1.83. The molecule has 114 valence electrons. The van der Waals surface area contributed by atoms with Gasteiger partial charge >= 0.3 is 0 Å². The number of hydrogen-bond acceptors (Lipinski definition) is 3. The van der Waals surface area contributed by atoms with E-state index < -0.39 is 0 Å². The third-order valence-electron chi connectivity index (χ3n) is 3.34. The number of nitrogens with one attached hydrogen (secondary N) is 1. The molecule has 0 aliphatic carbocycles. The summed E-state index contributed by atoms with van der Waals surface area (Å²) in [6.07, 6.45) is 0.747. The van der Waals surface area contributed by atoms with Crippen LogP contribution in [0.15, 0.2) is 30.3 Å². The maximum Gasteiger partial charge on any atom is 0.239 e. The van der Waals surface area contributed by atoms with E-state index in [0.29, 0.717) is 26.3 Å². The molecule has 21 heavy (non-hydrogen) atoms. The molecule has 0 aliphatic heterocycles. The predicted molar refractivity (Wildman–Crippen MR) is 82.2 cm³/mol. The first kappa shape index (κ1) is 15.5. The molecule has 0 spiro atoms. The third-order valence-corrected chi connectivity index (χ3v) is 3.34. The van der Waals surface area contributed by atoms with Crippen molar-refractivity contribution in [3.8, 4) is 0 Å². The summed E-state index contributed by atoms with van der Waals surface area (Å²) in [6, 6.07) is 10.1. The molecule has 0 fully saturated rings. The molecule has 0 saturated heterocycles. The highest BCUT2D eigenvalue weighted by molar-refractivity contribution is 5.84. The second-order valence-corrected chi connectivity index (χ2v) is 4.97. The fraction of sp³-hybridized carbons (Fsp3) is 0.438. The smallest absolute Gasteiger partial charge is 0.239 e. The molecule has 2 aromatic rings. The van der Waals surface area contributed by atoms with Crippen LogP contribution in [-0.2, 0) is 16.1 Å². The van der Waals surface area contributed by atoms with Crippen molar-refractivity contribution in [1.82, 2.24) is 9.88 Å². The van der Waals surface area contributed by atoms with Gasteiger partial charge in [0.2, 0.25) is 5.91 Å². The molecule has 5 heteroatoms. The second kappa shape index (κ2) is 7.81. The Hall–Kier alpha value is -1.85. The number of benzene rings is 1. The average Bonchev–Trinajstić information content (AvgIpc) is 2.79. The highest BCUT2D eigenvalue weighted by Gasteiger charge is 2.08. The quantitative estimate of drug-likeness (QED) is 0.724. The van der Waals surface area contributed by atoms with Gasteiger partial charge in [-0.25, -0.2) is 0 Å². The number of carbonyl (C=O) groups excluding carboxylic acids is 1. The van der Waals surface area contributed by atoms with Crippen LogP contribution in [-0.4, -0.2) is 41.9 Å². The van der Waals surface area contributed by atoms with Crippen LogP contribution in [0.3, 0.4) is 0 Å². The van der Waals surface area contributed by atoms with Gasteiger partial charge in [-0.2, -0.15) is 0 Å². The summed E-state index contributed by atoms with van der Waals surface area (Å²) in [5.74, 6) is 0.00149. The standard InChI is InChI=1S/C16H22N2O3/c1-13-11-14-5-2-3-6-15(14)18(13)12-16(20)17-7-4-9-21-10-8-19/h2-3,5-6,11,19H,4,7-10,12H2,1H3,(H,17,20). The lowest BCUT2D eigenvalue weighted by Crippen LogP contribution is -2.29. The molecule has 2 N–H and O–H groups in total. The van der Waals surface area contributed by atoms with Crippen LogP contribution in [0.25, 0.3) is 10.9 Å². The van der Waals surface area contributed by atoms with E-state index in [9.17, 15) is 4.79 Å². The van der Waals surface area contributed by atoms with Gasteiger partial charge in [-0.1, -0.05) is 18.2 Å². The average molecular weight is 290 g/mol. The molecule has 0 saturated carbocycles. The molecule has 0 unspecified atom stereocenters. The van der Waals surface area contributed by atoms with E-state index in [-0.39, 0.29) is 12.5 Å². The summed E-state index contributed by atoms with van der Waals surface area (Å²) >= 11 is 0. The van der Waals surface area contributed by atoms with Crippen LogP contribution in [0.1, 0.15) is 12.1 Å². The maximum atomic E-state index is 12.0. The highest BCUT2D eigenvalue weighted by atomic mass is 16.5. The number of aliphatic hydroxyl groups excluding tert-OH is 1. The zero-order valence-electron chi connectivity index (χ0n) is 12.3. The van der Waals surface area contributed by atoms with Crippen LogP contribution in [0.4, 0.5) is 0 Å². The number of aliphatic hydroxyl groups is 1. The minimum absolute atomic E-state index is 0.00149. The van der Waals surface area contributed by atoms with Gasteiger partial charge in [0.15, 0.2) is 0 Å². The lowest BCUT2D eigenvalue weighted by atomic mass is 10.2. The van der Waals surface area contributed by atoms with Crippen LogP contribution in [0.5, 0.6) is 0 Å². The largest absolute Gasteiger partial charge is 0.394 e. The predicted octanol–water partition coefficient (Wildman–Crippen LogP) is 1.46. The molecule has 0 radical (unpaired) electrons. The van der Waals surface area contributed by atoms with Crippen molar-refractivity contribution in [2.24, 2.45) is 0 Å². The minimum Gasteiger partial charge on any atom is -0.394 e. The van der Waals surface area contributed by atoms with Crippen molar-refractivity contribution in [3.63, 3.8) is 0 Å². The van der Waals surface area contributed by atoms with Crippen LogP contribution in [0, 0.1) is 6.92 Å². The molecule has 0 aliphatic rings. The Morgan fingerprint density at radius 3 is 2.95 bits per heavy atom. The normalized spacial score (nSPS) is 11.0. The third kappa shape index (κ3) is 4.31. The van der Waals surface area contributed by atoms with Gasteiger partial charge in [0.25, 0.3) is 0 Å². The summed E-state index contributed by atoms with van der Waals surface area (Å²) in [4.78, 5) is 12.0. The fourth-order valence-electron chi connectivity index (χ4n) is 2.33. The molecule has 1 aromatic heterocycles. The summed E-state index contributed by atoms with van der Waals surface area (Å²) in [5.41, 5.74) is 2.16. The molecular formula is C16H22N2O3. The topological polar surface area (TPSA) is 63.5 Å². The van der Waals surface area contributed by atoms with E-state index in [0.717, 1.165) is 23.0 Å². The number of aromatic nitrogens is 1. The molecule has 2 rings (SSSR count). The van der Waals surface area contributed by atoms with Gasteiger partial charge < -0.3 is 19.7 Å². The van der Waals surface area contributed by atoms with Crippen molar-refractivity contribution >= 4 is 16.8 Å². The van der Waals surface area contributed by atoms with E-state index >= 15 is 0 Å². The van der Waals surface area contributed by atoms with E-state index in [1.54, 1.807) is 0 Å². The number of hydrogen-bond donors (Lipinski definition) is 2. The van der Waals surface area contributed by atoms with E-state index in [1.807, 2.05) is 29.7 Å². The Bertz CT molecular complexity index is 592. The number of carbonyl (C=O) groups is 1. The van der Waals surface area contributed by atoms with Gasteiger partial charge in [0, 0.05) is 24.4 Å². The zero-order valence-corrected chi connectivity index (χ0v) is 12.3. The van der Waals surface area contributed by atoms with Gasteiger partial charge in [0.05, 0.1) is 13.2 Å². The van der Waals surface area contributed by atoms with Crippen molar-refractivity contribution in [1.29, 1.82) is 0 Å². The first-order chi connectivity index (χ1) is 10.2. The van der Waals surface area contributed by atoms with E-state index in [4.69, 9.17) is 9.84 Å². The number of amides is 1. The number of aryl methyl sites for hydroxylation is 1. The molecule has 1 aromatic carbocycles. The SMILES string of the molecule is Cc1cc2ccccc2n1CC(=O)NCCCOCCO. The number of fused-ring (bicyclic) bond motifs is 1. The van der Waals surface area contributed by atoms with Gasteiger partial charge in [-0.15, -0.1) is 0 Å². The monoisotopic (exact) mass is 290 g/mol. The molecule has 1 heterocycles. The molecule has 1 amide bonds. The van der Waals surface area contributed by atoms with E-state index in [2.05, 4.69) is 17.4 Å². The minimum atomic E-state index is 0.00149. The Kier molecular flexibility index (Phi) is 5.78. The molecule has 0 bridgehead atoms. The van der Waals surface area contributed by atoms with Crippen molar-refractivity contribution in [3.05, 3.63) is 36.0 Å². The Morgan fingerprint density at radius 2 is 2.14 bits per heavy atom. The molecule has 0 atom stereocenters. The number of rotatable bonds is 8. The van der Waals surface area contributed by atoms with Gasteiger partial charge in [-0.05, 0) is 30.9 Å². The van der Waals surface area contributed by atoms with Gasteiger partial charge in [0.1, 0.15) is 6.54 Å². The maximum absolute atomic E-state index is 12.0. The molecule has 5 nitrogen and oxygen atoms in total. The highest BCUT2D eigenvalue weighted by Crippen LogP contribution is 2.18. The van der Waals surface area contributed by atoms with Crippen molar-refractivity contribution in [2.45, 2.75) is 19.9 Å². The lowest BCUT2D eigenvalue weighted by molar-refractivity contribution is -0.121. The Labute approximate surface area is 124 Å². The summed E-state index contributed by atoms with van der Waals surface area (Å²) in [6.45, 7) is 3.86. The van der Waals surface area contributed by atoms with Crippen LogP contribution in [0.2, 0.25) is 0 Å². The fourth-order valence-corrected chi connectivity index (χ4v) is 2.33. The van der Waals surface area contributed by atoms with E-state index in [1.165, 1.54) is 0 Å². The lowest BCUT2D eigenvalue weighted by Gasteiger charge is -2.09. The Morgan fingerprint density at radius 1 is 1.33 bits per heavy atom. The van der Waals surface area contributed by atoms with Crippen LogP contribution >= 0.6 is 0 Å². The number of nitrogens with zero attached hydrogens (tertiary/aromatic N) is 1. The number of ether oxygens (including phenoxy) is 1. The molecular weight excluding hydrogens is 268 g/mol. The zero-order chi connectivity index (χ0) is 15.1. The summed E-state index contributed by atoms with van der Waals surface area (Å²) in [5, 5.41) is 12.6. The van der Waals surface area contributed by atoms with Gasteiger partial charge in [-0.3, -0.25) is 4.79 Å². The van der Waals surface area contributed by atoms with Crippen molar-refractivity contribution in [2.75, 3.05) is 26.4 Å². The van der Waals surface area contributed by atoms with Crippen molar-refractivity contribution < 1.29 is 14.6 Å². The summed E-state index contributed by atoms with van der Waals surface area (Å²) in [7, 11) is 0. The van der Waals surface area contributed by atoms with Crippen LogP contribution < -0.4 is 5.32 Å². The summed E-state index contributed by atoms with van der Waals surface area (Å²) < 4.78 is 7.16. The number of para-hydroxylation sites is 1. The first-order valence-electron chi connectivity index (χ1n) is 7.22.